The molecule has 3 N–H and O–H groups in total. The number of nitrogen functional groups attached to an aromatic ring is 1. The normalized spacial score (nSPS) is 14.8. The van der Waals surface area contributed by atoms with E-state index in [1.54, 1.807) is 24.4 Å². The average molecular weight is 456 g/mol. The molecule has 0 amide bonds. The first-order valence-electron chi connectivity index (χ1n) is 9.85. The number of aromatic nitrogens is 7. The second-order valence-electron chi connectivity index (χ2n) is 7.33. The fraction of sp³-hybridized carbons (Fsp3) is 0.250. The molecule has 0 aliphatic carbocycles. The summed E-state index contributed by atoms with van der Waals surface area (Å²) in [5.74, 6) is 0.727. The fourth-order valence-corrected chi connectivity index (χ4v) is 4.12. The summed E-state index contributed by atoms with van der Waals surface area (Å²) in [6.07, 6.45) is 7.73. The summed E-state index contributed by atoms with van der Waals surface area (Å²) in [6.45, 7) is 2.00. The fourth-order valence-electron chi connectivity index (χ4n) is 3.74. The lowest BCUT2D eigenvalue weighted by Crippen LogP contribution is -2.29. The van der Waals surface area contributed by atoms with E-state index in [4.69, 9.17) is 28.9 Å². The Labute approximate surface area is 188 Å². The van der Waals surface area contributed by atoms with Crippen LogP contribution < -0.4 is 11.1 Å². The van der Waals surface area contributed by atoms with Gasteiger partial charge in [-0.25, -0.2) is 4.98 Å². The van der Waals surface area contributed by atoms with Crippen molar-refractivity contribution in [2.24, 2.45) is 0 Å². The molecule has 31 heavy (non-hydrogen) atoms. The van der Waals surface area contributed by atoms with Crippen LogP contribution in [0.15, 0.2) is 42.9 Å². The lowest BCUT2D eigenvalue weighted by molar-refractivity contribution is 0.343. The van der Waals surface area contributed by atoms with Gasteiger partial charge in [0.05, 0.1) is 33.5 Å². The van der Waals surface area contributed by atoms with E-state index >= 15 is 0 Å². The van der Waals surface area contributed by atoms with Gasteiger partial charge in [0.1, 0.15) is 5.82 Å². The zero-order valence-electron chi connectivity index (χ0n) is 16.4. The number of hydrogen-bond acceptors (Lipinski definition) is 7. The zero-order valence-corrected chi connectivity index (χ0v) is 17.9. The van der Waals surface area contributed by atoms with Crippen molar-refractivity contribution in [1.29, 1.82) is 0 Å². The summed E-state index contributed by atoms with van der Waals surface area (Å²) in [5, 5.41) is 20.8. The van der Waals surface area contributed by atoms with Gasteiger partial charge < -0.3 is 11.1 Å². The highest BCUT2D eigenvalue weighted by Crippen LogP contribution is 2.33. The van der Waals surface area contributed by atoms with Crippen molar-refractivity contribution in [3.05, 3.63) is 52.9 Å². The molecular weight excluding hydrogens is 437 g/mol. The number of piperidine rings is 1. The molecule has 0 bridgehead atoms. The number of anilines is 1. The maximum atomic E-state index is 6.38. The molecule has 0 spiro atoms. The second-order valence-corrected chi connectivity index (χ2v) is 8.12. The number of tetrazole rings is 1. The van der Waals surface area contributed by atoms with Gasteiger partial charge in [0, 0.05) is 23.5 Å². The van der Waals surface area contributed by atoms with Crippen LogP contribution in [0.4, 0.5) is 5.82 Å². The highest BCUT2D eigenvalue weighted by atomic mass is 35.5. The summed E-state index contributed by atoms with van der Waals surface area (Å²) in [4.78, 5) is 4.37. The summed E-state index contributed by atoms with van der Waals surface area (Å²) in [6, 6.07) is 7.57. The molecule has 9 nitrogen and oxygen atoms in total. The second kappa shape index (κ2) is 8.26. The van der Waals surface area contributed by atoms with Crippen LogP contribution in [0, 0.1) is 0 Å². The first kappa shape index (κ1) is 19.9. The van der Waals surface area contributed by atoms with Gasteiger partial charge >= 0.3 is 0 Å². The lowest BCUT2D eigenvalue weighted by atomic mass is 10.1. The maximum Gasteiger partial charge on any atom is 0.190 e. The Kier molecular flexibility index (Phi) is 5.31. The van der Waals surface area contributed by atoms with E-state index in [0.29, 0.717) is 39.0 Å². The summed E-state index contributed by atoms with van der Waals surface area (Å²) >= 11 is 12.5. The standard InChI is InChI=1S/C20H19Cl2N9/c21-16-2-1-3-17(18(16)22)31-20(27-28-29-31)15-8-12(9-25-19(15)23)13-10-26-30(11-13)14-4-6-24-7-5-14/h1-3,8-11,14,24H,4-7H2,(H2,23,25). The Morgan fingerprint density at radius 2 is 1.94 bits per heavy atom. The molecule has 3 aromatic heterocycles. The zero-order chi connectivity index (χ0) is 21.4. The summed E-state index contributed by atoms with van der Waals surface area (Å²) < 4.78 is 3.53. The van der Waals surface area contributed by atoms with Gasteiger partial charge in [-0.2, -0.15) is 9.78 Å². The monoisotopic (exact) mass is 455 g/mol. The molecule has 0 radical (unpaired) electrons. The minimum Gasteiger partial charge on any atom is -0.383 e. The SMILES string of the molecule is Nc1ncc(-c2cnn(C3CCNCC3)c2)cc1-c1nnnn1-c1cccc(Cl)c1Cl. The Morgan fingerprint density at radius 3 is 2.77 bits per heavy atom. The minimum atomic E-state index is 0.309. The van der Waals surface area contributed by atoms with Gasteiger partial charge in [-0.15, -0.1) is 5.10 Å². The van der Waals surface area contributed by atoms with E-state index in [1.807, 2.05) is 23.1 Å². The molecular formula is C20H19Cl2N9. The van der Waals surface area contributed by atoms with E-state index < -0.39 is 0 Å². The van der Waals surface area contributed by atoms with Crippen LogP contribution in [-0.2, 0) is 0 Å². The van der Waals surface area contributed by atoms with Crippen molar-refractivity contribution in [3.8, 4) is 28.2 Å². The molecule has 1 aromatic carbocycles. The predicted octanol–water partition coefficient (Wildman–Crippen LogP) is 3.40. The topological polar surface area (TPSA) is 112 Å². The Morgan fingerprint density at radius 1 is 1.10 bits per heavy atom. The number of pyridine rings is 1. The van der Waals surface area contributed by atoms with Crippen molar-refractivity contribution in [2.75, 3.05) is 18.8 Å². The molecule has 11 heteroatoms. The van der Waals surface area contributed by atoms with Gasteiger partial charge in [0.15, 0.2) is 5.82 Å². The van der Waals surface area contributed by atoms with Gasteiger partial charge in [-0.1, -0.05) is 29.3 Å². The molecule has 1 aliphatic rings. The van der Waals surface area contributed by atoms with E-state index in [2.05, 4.69) is 30.9 Å². The Hall–Kier alpha value is -3.01. The third-order valence-electron chi connectivity index (χ3n) is 5.41. The van der Waals surface area contributed by atoms with Crippen LogP contribution in [0.25, 0.3) is 28.2 Å². The molecule has 4 aromatic rings. The molecule has 0 saturated carbocycles. The Balaban J connectivity index is 1.53. The van der Waals surface area contributed by atoms with Crippen LogP contribution in [0.3, 0.4) is 0 Å². The highest BCUT2D eigenvalue weighted by Gasteiger charge is 2.20. The van der Waals surface area contributed by atoms with E-state index in [-0.39, 0.29) is 0 Å². The van der Waals surface area contributed by atoms with Gasteiger partial charge in [0.25, 0.3) is 0 Å². The first-order valence-corrected chi connectivity index (χ1v) is 10.6. The maximum absolute atomic E-state index is 6.38. The smallest absolute Gasteiger partial charge is 0.190 e. The molecule has 4 heterocycles. The van der Waals surface area contributed by atoms with E-state index in [9.17, 15) is 0 Å². The van der Waals surface area contributed by atoms with Crippen LogP contribution in [-0.4, -0.2) is 48.1 Å². The molecule has 1 saturated heterocycles. The molecule has 158 valence electrons. The average Bonchev–Trinajstić information content (AvgIpc) is 3.47. The number of nitrogens with two attached hydrogens (primary N) is 1. The first-order chi connectivity index (χ1) is 15.1. The summed E-state index contributed by atoms with van der Waals surface area (Å²) in [5.41, 5.74) is 9.16. The number of nitrogens with one attached hydrogen (secondary N) is 1. The highest BCUT2D eigenvalue weighted by molar-refractivity contribution is 6.43. The van der Waals surface area contributed by atoms with Gasteiger partial charge in [-0.05, 0) is 54.6 Å². The van der Waals surface area contributed by atoms with Crippen molar-refractivity contribution in [3.63, 3.8) is 0 Å². The molecule has 1 aliphatic heterocycles. The Bertz CT molecular complexity index is 1230. The largest absolute Gasteiger partial charge is 0.383 e. The molecule has 0 unspecified atom stereocenters. The van der Waals surface area contributed by atoms with Crippen molar-refractivity contribution in [2.45, 2.75) is 18.9 Å². The third kappa shape index (κ3) is 3.76. The third-order valence-corrected chi connectivity index (χ3v) is 6.21. The van der Waals surface area contributed by atoms with E-state index in [0.717, 1.165) is 37.1 Å². The van der Waals surface area contributed by atoms with Crippen molar-refractivity contribution < 1.29 is 0 Å². The number of halogens is 2. The molecule has 5 rings (SSSR count). The molecule has 1 fully saturated rings. The predicted molar refractivity (Wildman–Crippen MR) is 119 cm³/mol. The quantitative estimate of drug-likeness (QED) is 0.484. The number of benzene rings is 1. The lowest BCUT2D eigenvalue weighted by Gasteiger charge is -2.22. The van der Waals surface area contributed by atoms with E-state index in [1.165, 1.54) is 4.68 Å². The summed E-state index contributed by atoms with van der Waals surface area (Å²) in [7, 11) is 0. The van der Waals surface area contributed by atoms with Crippen LogP contribution in [0.2, 0.25) is 10.0 Å². The minimum absolute atomic E-state index is 0.309. The number of hydrogen-bond donors (Lipinski definition) is 2. The van der Waals surface area contributed by atoms with Crippen molar-refractivity contribution in [1.82, 2.24) is 40.3 Å². The number of rotatable bonds is 4. The molecule has 0 atom stereocenters. The van der Waals surface area contributed by atoms with Crippen molar-refractivity contribution >= 4 is 29.0 Å². The van der Waals surface area contributed by atoms with Gasteiger partial charge in [-0.3, -0.25) is 4.68 Å². The number of nitrogens with zero attached hydrogens (tertiary/aromatic N) is 7. The van der Waals surface area contributed by atoms with Crippen LogP contribution >= 0.6 is 23.2 Å². The van der Waals surface area contributed by atoms with Gasteiger partial charge in [0.2, 0.25) is 0 Å². The van der Waals surface area contributed by atoms with Crippen LogP contribution in [0.1, 0.15) is 18.9 Å². The van der Waals surface area contributed by atoms with Crippen LogP contribution in [0.5, 0.6) is 0 Å².